The second-order valence-electron chi connectivity index (χ2n) is 7.50. The summed E-state index contributed by atoms with van der Waals surface area (Å²) in [5.74, 6) is 0. The average Bonchev–Trinajstić information content (AvgIpc) is 3.49. The molecule has 0 spiro atoms. The lowest BCUT2D eigenvalue weighted by atomic mass is 10.2. The Morgan fingerprint density at radius 1 is 0.483 bits per heavy atom. The molecule has 2 aliphatic heterocycles. The van der Waals surface area contributed by atoms with Crippen LogP contribution in [0.15, 0.2) is 24.3 Å². The van der Waals surface area contributed by atoms with Gasteiger partial charge in [0.05, 0.1) is 22.8 Å². The molecule has 140 valence electrons. The third kappa shape index (κ3) is 3.24. The number of aromatic nitrogens is 4. The topological polar surface area (TPSA) is 57.4 Å². The molecule has 0 aromatic carbocycles. The summed E-state index contributed by atoms with van der Waals surface area (Å²) in [5.41, 5.74) is 12.9. The van der Waals surface area contributed by atoms with Crippen LogP contribution in [-0.4, -0.2) is 43.0 Å². The van der Waals surface area contributed by atoms with Gasteiger partial charge >= 0.3 is 0 Å². The number of hydrogen-bond acceptors (Lipinski definition) is 2. The highest BCUT2D eigenvalue weighted by Crippen LogP contribution is 2.25. The number of rotatable bonds is 0. The number of nitrogens with one attached hydrogen (secondary N) is 2. The van der Waals surface area contributed by atoms with E-state index in [1.807, 2.05) is 0 Å². The van der Waals surface area contributed by atoms with Crippen LogP contribution in [0.2, 0.25) is 0 Å². The summed E-state index contributed by atoms with van der Waals surface area (Å²) in [5, 5.41) is 0. The fourth-order valence-corrected chi connectivity index (χ4v) is 3.78. The first-order valence-electron chi connectivity index (χ1n) is 9.54. The van der Waals surface area contributed by atoms with E-state index in [-0.39, 0.29) is 23.1 Å². The lowest BCUT2D eigenvalue weighted by Crippen LogP contribution is -1.86. The fraction of sp³-hybridized carbons (Fsp3) is 0.167. The van der Waals surface area contributed by atoms with E-state index >= 15 is 0 Å². The molecule has 0 aliphatic carbocycles. The summed E-state index contributed by atoms with van der Waals surface area (Å²) in [4.78, 5) is 16.8. The Kier molecular flexibility index (Phi) is 4.96. The van der Waals surface area contributed by atoms with Crippen LogP contribution in [0.25, 0.3) is 46.4 Å². The third-order valence-electron chi connectivity index (χ3n) is 5.80. The number of aryl methyl sites for hydroxylation is 4. The van der Waals surface area contributed by atoms with Crippen molar-refractivity contribution in [2.75, 3.05) is 0 Å². The molecule has 29 heavy (non-hydrogen) atoms. The molecule has 0 saturated heterocycles. The van der Waals surface area contributed by atoms with Crippen molar-refractivity contribution in [1.82, 2.24) is 19.9 Å². The van der Waals surface area contributed by atoms with Crippen molar-refractivity contribution in [2.45, 2.75) is 27.7 Å². The van der Waals surface area contributed by atoms with Crippen molar-refractivity contribution in [2.24, 2.45) is 0 Å². The van der Waals surface area contributed by atoms with Crippen LogP contribution in [-0.2, 0) is 0 Å². The first-order valence-corrected chi connectivity index (χ1v) is 9.54. The van der Waals surface area contributed by atoms with Gasteiger partial charge in [-0.15, -0.1) is 0 Å². The maximum Gasteiger partial charge on any atom is 0.0687 e. The predicted octanol–water partition coefficient (Wildman–Crippen LogP) is 5.51. The van der Waals surface area contributed by atoms with Crippen LogP contribution >= 0.6 is 0 Å². The number of hydrogen-bond donors (Lipinski definition) is 2. The molecule has 0 unspecified atom stereocenters. The average molecular weight is 391 g/mol. The van der Waals surface area contributed by atoms with Gasteiger partial charge in [-0.25, -0.2) is 9.97 Å². The molecule has 0 fully saturated rings. The van der Waals surface area contributed by atoms with E-state index in [1.165, 1.54) is 0 Å². The minimum Gasteiger partial charge on any atom is -0.355 e. The molecule has 0 saturated carbocycles. The van der Waals surface area contributed by atoms with E-state index < -0.39 is 0 Å². The van der Waals surface area contributed by atoms with Gasteiger partial charge in [0.1, 0.15) is 0 Å². The quantitative estimate of drug-likeness (QED) is 0.343. The first-order chi connectivity index (χ1) is 13.5. The normalized spacial score (nSPS) is 12.3. The summed E-state index contributed by atoms with van der Waals surface area (Å²) >= 11 is 0. The standard InChI is InChI=1S/C24H22N4.Mg/c1-13-17-5-7-19(25-17)14(2)21-9-11-23(27-21)16(4)24-12-10-22(28-24)15(3)20-8-6-18(13)26-20;/h5-12,25,28H,1-4H3;. The zero-order valence-electron chi connectivity index (χ0n) is 17.2. The van der Waals surface area contributed by atoms with Crippen molar-refractivity contribution in [3.63, 3.8) is 0 Å². The molecule has 0 atom stereocenters. The van der Waals surface area contributed by atoms with Gasteiger partial charge in [-0.1, -0.05) is 0 Å². The van der Waals surface area contributed by atoms with Crippen molar-refractivity contribution in [3.05, 3.63) is 69.3 Å². The predicted molar refractivity (Wildman–Crippen MR) is 124 cm³/mol. The van der Waals surface area contributed by atoms with E-state index in [4.69, 9.17) is 9.97 Å². The first kappa shape index (κ1) is 19.7. The van der Waals surface area contributed by atoms with Gasteiger partial charge in [-0.3, -0.25) is 0 Å². The van der Waals surface area contributed by atoms with E-state index in [0.717, 1.165) is 67.1 Å². The highest BCUT2D eigenvalue weighted by Gasteiger charge is 2.10. The Morgan fingerprint density at radius 2 is 0.724 bits per heavy atom. The van der Waals surface area contributed by atoms with E-state index in [9.17, 15) is 0 Å². The second-order valence-corrected chi connectivity index (χ2v) is 7.50. The van der Waals surface area contributed by atoms with Crippen LogP contribution in [0.3, 0.4) is 0 Å². The van der Waals surface area contributed by atoms with Crippen LogP contribution in [0.1, 0.15) is 45.0 Å². The highest BCUT2D eigenvalue weighted by molar-refractivity contribution is 5.82. The van der Waals surface area contributed by atoms with Crippen LogP contribution in [0.5, 0.6) is 0 Å². The Balaban J connectivity index is 0.00000205. The second kappa shape index (κ2) is 7.32. The Hall–Kier alpha value is -2.63. The maximum absolute atomic E-state index is 4.88. The highest BCUT2D eigenvalue weighted by atomic mass is 24.3. The minimum atomic E-state index is 0. The Morgan fingerprint density at radius 3 is 0.966 bits per heavy atom. The molecule has 3 aromatic rings. The fourth-order valence-electron chi connectivity index (χ4n) is 3.78. The van der Waals surface area contributed by atoms with E-state index in [1.54, 1.807) is 0 Å². The molecule has 2 radical (unpaired) electrons. The van der Waals surface area contributed by atoms with E-state index in [2.05, 4.69) is 86.2 Å². The lowest BCUT2D eigenvalue weighted by Gasteiger charge is -1.97. The van der Waals surface area contributed by atoms with Gasteiger partial charge in [-0.2, -0.15) is 0 Å². The smallest absolute Gasteiger partial charge is 0.0687 e. The van der Waals surface area contributed by atoms with Gasteiger partial charge in [-0.05, 0) is 98.5 Å². The van der Waals surface area contributed by atoms with Crippen LogP contribution < -0.4 is 0 Å². The molecule has 4 nitrogen and oxygen atoms in total. The van der Waals surface area contributed by atoms with Gasteiger partial charge in [0.15, 0.2) is 0 Å². The van der Waals surface area contributed by atoms with E-state index in [0.29, 0.717) is 0 Å². The maximum atomic E-state index is 4.88. The van der Waals surface area contributed by atoms with Gasteiger partial charge < -0.3 is 9.97 Å². The molecule has 5 heterocycles. The summed E-state index contributed by atoms with van der Waals surface area (Å²) < 4.78 is 0. The Labute approximate surface area is 186 Å². The zero-order valence-corrected chi connectivity index (χ0v) is 18.6. The Bertz CT molecular complexity index is 1150. The molecular formula is C24H22MgN4. The molecule has 3 aromatic heterocycles. The summed E-state index contributed by atoms with van der Waals surface area (Å²) in [6, 6.07) is 8.48. The molecule has 5 rings (SSSR count). The van der Waals surface area contributed by atoms with Crippen LogP contribution in [0, 0.1) is 27.7 Å². The molecule has 8 bridgehead atoms. The zero-order chi connectivity index (χ0) is 19.4. The monoisotopic (exact) mass is 390 g/mol. The van der Waals surface area contributed by atoms with Crippen molar-refractivity contribution in [3.8, 4) is 0 Å². The molecule has 2 aliphatic rings. The SMILES string of the molecule is Cc1c2nc(c(C)c3ccc([nH]3)c(C)c3nc(c(C)c4ccc1[nH]4)C=C3)C=C2.[Mg]. The van der Waals surface area contributed by atoms with Gasteiger partial charge in [0, 0.05) is 45.1 Å². The summed E-state index contributed by atoms with van der Waals surface area (Å²) in [6.45, 7) is 8.44. The van der Waals surface area contributed by atoms with Gasteiger partial charge in [0.2, 0.25) is 0 Å². The number of H-pyrrole nitrogens is 2. The minimum absolute atomic E-state index is 0. The molecule has 5 heteroatoms. The number of nitrogens with zero attached hydrogens (tertiary/aromatic N) is 2. The largest absolute Gasteiger partial charge is 0.355 e. The molecular weight excluding hydrogens is 369 g/mol. The summed E-state index contributed by atoms with van der Waals surface area (Å²) in [6.07, 6.45) is 8.37. The molecule has 0 amide bonds. The van der Waals surface area contributed by atoms with Crippen molar-refractivity contribution in [1.29, 1.82) is 0 Å². The van der Waals surface area contributed by atoms with Crippen LogP contribution in [0.4, 0.5) is 0 Å². The summed E-state index contributed by atoms with van der Waals surface area (Å²) in [7, 11) is 0. The number of fused-ring (bicyclic) bond motifs is 8. The van der Waals surface area contributed by atoms with Crippen molar-refractivity contribution < 1.29 is 0 Å². The van der Waals surface area contributed by atoms with Crippen molar-refractivity contribution >= 4 is 69.4 Å². The van der Waals surface area contributed by atoms with Gasteiger partial charge in [0.25, 0.3) is 0 Å². The molecule has 2 N–H and O–H groups in total. The number of aromatic amines is 2. The third-order valence-corrected chi connectivity index (χ3v) is 5.80. The lowest BCUT2D eigenvalue weighted by molar-refractivity contribution is 1.23.